The lowest BCUT2D eigenvalue weighted by Crippen LogP contribution is -2.00. The molecular formula is C18H18O2. The van der Waals surface area contributed by atoms with Crippen molar-refractivity contribution in [3.8, 4) is 5.75 Å². The molecule has 0 amide bonds. The Bertz CT molecular complexity index is 619. The fourth-order valence-corrected chi connectivity index (χ4v) is 1.95. The Morgan fingerprint density at radius 3 is 2.10 bits per heavy atom. The van der Waals surface area contributed by atoms with Crippen LogP contribution in [-0.2, 0) is 4.79 Å². The third kappa shape index (κ3) is 3.82. The maximum absolute atomic E-state index is 10.9. The monoisotopic (exact) mass is 266 g/mol. The van der Waals surface area contributed by atoms with Crippen LogP contribution < -0.4 is 4.74 Å². The summed E-state index contributed by atoms with van der Waals surface area (Å²) >= 11 is 0. The number of hydrogen-bond acceptors (Lipinski definition) is 2. The minimum absolute atomic E-state index is 0.301. The van der Waals surface area contributed by atoms with Crippen LogP contribution in [0.25, 0.3) is 11.6 Å². The topological polar surface area (TPSA) is 26.3 Å². The lowest BCUT2D eigenvalue weighted by atomic mass is 10.0. The van der Waals surface area contributed by atoms with Gasteiger partial charge in [-0.2, -0.15) is 0 Å². The SMILES string of the molecule is CC(=O)Oc1ccc(/C(C)=C/c2ccc(C)cc2)cc1. The van der Waals surface area contributed by atoms with Crippen molar-refractivity contribution in [2.75, 3.05) is 0 Å². The first-order chi connectivity index (χ1) is 9.54. The molecule has 102 valence electrons. The van der Waals surface area contributed by atoms with E-state index >= 15 is 0 Å². The molecule has 2 aromatic rings. The highest BCUT2D eigenvalue weighted by atomic mass is 16.5. The van der Waals surface area contributed by atoms with Gasteiger partial charge in [-0.1, -0.05) is 48.0 Å². The molecule has 0 unspecified atom stereocenters. The Morgan fingerprint density at radius 2 is 1.55 bits per heavy atom. The summed E-state index contributed by atoms with van der Waals surface area (Å²) in [5.41, 5.74) is 4.72. The largest absolute Gasteiger partial charge is 0.427 e. The molecule has 0 aromatic heterocycles. The second-order valence-corrected chi connectivity index (χ2v) is 4.86. The molecule has 0 saturated carbocycles. The zero-order valence-electron chi connectivity index (χ0n) is 12.0. The Hall–Kier alpha value is -2.35. The molecule has 2 nitrogen and oxygen atoms in total. The van der Waals surface area contributed by atoms with Gasteiger partial charge >= 0.3 is 5.97 Å². The minimum atomic E-state index is -0.301. The van der Waals surface area contributed by atoms with Crippen molar-refractivity contribution < 1.29 is 9.53 Å². The normalized spacial score (nSPS) is 11.2. The summed E-state index contributed by atoms with van der Waals surface area (Å²) in [7, 11) is 0. The van der Waals surface area contributed by atoms with E-state index < -0.39 is 0 Å². The van der Waals surface area contributed by atoms with Crippen molar-refractivity contribution in [3.63, 3.8) is 0 Å². The molecule has 2 rings (SSSR count). The molecule has 0 fully saturated rings. The van der Waals surface area contributed by atoms with Crippen LogP contribution in [0, 0.1) is 6.92 Å². The van der Waals surface area contributed by atoms with Gasteiger partial charge in [0.25, 0.3) is 0 Å². The second-order valence-electron chi connectivity index (χ2n) is 4.86. The average Bonchev–Trinajstić information content (AvgIpc) is 2.41. The van der Waals surface area contributed by atoms with Crippen molar-refractivity contribution in [2.45, 2.75) is 20.8 Å². The summed E-state index contributed by atoms with van der Waals surface area (Å²) < 4.78 is 5.02. The van der Waals surface area contributed by atoms with Crippen LogP contribution in [-0.4, -0.2) is 5.97 Å². The highest BCUT2D eigenvalue weighted by Gasteiger charge is 2.00. The maximum atomic E-state index is 10.9. The minimum Gasteiger partial charge on any atom is -0.427 e. The number of ether oxygens (including phenoxy) is 1. The highest BCUT2D eigenvalue weighted by molar-refractivity contribution is 5.80. The summed E-state index contributed by atoms with van der Waals surface area (Å²) in [6.45, 7) is 5.55. The molecule has 0 aliphatic carbocycles. The van der Waals surface area contributed by atoms with Crippen molar-refractivity contribution in [1.29, 1.82) is 0 Å². The van der Waals surface area contributed by atoms with Gasteiger partial charge in [-0.15, -0.1) is 0 Å². The van der Waals surface area contributed by atoms with E-state index in [0.717, 1.165) is 5.56 Å². The molecule has 0 spiro atoms. The molecule has 0 atom stereocenters. The van der Waals surface area contributed by atoms with E-state index in [1.165, 1.54) is 23.6 Å². The molecule has 0 saturated heterocycles. The number of hydrogen-bond donors (Lipinski definition) is 0. The average molecular weight is 266 g/mol. The van der Waals surface area contributed by atoms with E-state index in [0.29, 0.717) is 5.75 Å². The zero-order chi connectivity index (χ0) is 14.5. The molecule has 2 heteroatoms. The van der Waals surface area contributed by atoms with Crippen molar-refractivity contribution in [1.82, 2.24) is 0 Å². The van der Waals surface area contributed by atoms with Crippen LogP contribution >= 0.6 is 0 Å². The summed E-state index contributed by atoms with van der Waals surface area (Å²) in [4.78, 5) is 10.9. The Kier molecular flexibility index (Phi) is 4.36. The first kappa shape index (κ1) is 14.1. The fourth-order valence-electron chi connectivity index (χ4n) is 1.95. The Morgan fingerprint density at radius 1 is 0.950 bits per heavy atom. The summed E-state index contributed by atoms with van der Waals surface area (Å²) in [6.07, 6.45) is 2.14. The standard InChI is InChI=1S/C18H18O2/c1-13-4-6-16(7-5-13)12-14(2)17-8-10-18(11-9-17)20-15(3)19/h4-12H,1-3H3/b14-12+. The summed E-state index contributed by atoms with van der Waals surface area (Å²) in [5.74, 6) is 0.272. The third-order valence-corrected chi connectivity index (χ3v) is 3.03. The first-order valence-corrected chi connectivity index (χ1v) is 6.58. The smallest absolute Gasteiger partial charge is 0.308 e. The van der Waals surface area contributed by atoms with Crippen LogP contribution in [0.2, 0.25) is 0 Å². The van der Waals surface area contributed by atoms with E-state index in [2.05, 4.69) is 44.2 Å². The fraction of sp³-hybridized carbons (Fsp3) is 0.167. The number of esters is 1. The predicted molar refractivity (Wildman–Crippen MR) is 82.5 cm³/mol. The van der Waals surface area contributed by atoms with Crippen LogP contribution in [0.3, 0.4) is 0 Å². The maximum Gasteiger partial charge on any atom is 0.308 e. The number of rotatable bonds is 3. The number of carbonyl (C=O) groups is 1. The zero-order valence-corrected chi connectivity index (χ0v) is 12.0. The van der Waals surface area contributed by atoms with Crippen LogP contribution in [0.4, 0.5) is 0 Å². The molecule has 0 bridgehead atoms. The molecule has 20 heavy (non-hydrogen) atoms. The van der Waals surface area contributed by atoms with Gasteiger partial charge in [0.15, 0.2) is 0 Å². The number of allylic oxidation sites excluding steroid dienone is 1. The lowest BCUT2D eigenvalue weighted by molar-refractivity contribution is -0.131. The van der Waals surface area contributed by atoms with Crippen molar-refractivity contribution in [2.24, 2.45) is 0 Å². The molecule has 0 aliphatic rings. The second kappa shape index (κ2) is 6.20. The Balaban J connectivity index is 2.18. The number of aryl methyl sites for hydroxylation is 1. The van der Waals surface area contributed by atoms with Crippen molar-refractivity contribution in [3.05, 3.63) is 65.2 Å². The van der Waals surface area contributed by atoms with Gasteiger partial charge < -0.3 is 4.74 Å². The highest BCUT2D eigenvalue weighted by Crippen LogP contribution is 2.21. The number of benzene rings is 2. The van der Waals surface area contributed by atoms with Crippen LogP contribution in [0.5, 0.6) is 5.75 Å². The van der Waals surface area contributed by atoms with Gasteiger partial charge in [-0.3, -0.25) is 4.79 Å². The van der Waals surface area contributed by atoms with Crippen LogP contribution in [0.15, 0.2) is 48.5 Å². The van der Waals surface area contributed by atoms with Gasteiger partial charge in [0.1, 0.15) is 5.75 Å². The Labute approximate surface area is 119 Å². The molecule has 0 radical (unpaired) electrons. The van der Waals surface area contributed by atoms with E-state index in [1.807, 2.05) is 24.3 Å². The van der Waals surface area contributed by atoms with Gasteiger partial charge in [-0.05, 0) is 42.7 Å². The molecule has 2 aromatic carbocycles. The van der Waals surface area contributed by atoms with Gasteiger partial charge in [0, 0.05) is 6.92 Å². The number of carbonyl (C=O) groups excluding carboxylic acids is 1. The third-order valence-electron chi connectivity index (χ3n) is 3.03. The van der Waals surface area contributed by atoms with Gasteiger partial charge in [0.2, 0.25) is 0 Å². The van der Waals surface area contributed by atoms with Gasteiger partial charge in [0.05, 0.1) is 0 Å². The van der Waals surface area contributed by atoms with Crippen molar-refractivity contribution >= 4 is 17.6 Å². The van der Waals surface area contributed by atoms with E-state index in [-0.39, 0.29) is 5.97 Å². The summed E-state index contributed by atoms with van der Waals surface area (Å²) in [6, 6.07) is 15.9. The lowest BCUT2D eigenvalue weighted by Gasteiger charge is -2.05. The first-order valence-electron chi connectivity index (χ1n) is 6.58. The predicted octanol–water partition coefficient (Wildman–Crippen LogP) is 4.48. The molecule has 0 aliphatic heterocycles. The molecule has 0 N–H and O–H groups in total. The van der Waals surface area contributed by atoms with E-state index in [4.69, 9.17) is 4.74 Å². The quantitative estimate of drug-likeness (QED) is 0.465. The summed E-state index contributed by atoms with van der Waals surface area (Å²) in [5, 5.41) is 0. The van der Waals surface area contributed by atoms with Crippen LogP contribution in [0.1, 0.15) is 30.5 Å². The molecule has 0 heterocycles. The van der Waals surface area contributed by atoms with E-state index in [1.54, 1.807) is 0 Å². The van der Waals surface area contributed by atoms with E-state index in [9.17, 15) is 4.79 Å². The van der Waals surface area contributed by atoms with Gasteiger partial charge in [-0.25, -0.2) is 0 Å². The molecular weight excluding hydrogens is 248 g/mol.